The summed E-state index contributed by atoms with van der Waals surface area (Å²) in [6.07, 6.45) is 6.12. The summed E-state index contributed by atoms with van der Waals surface area (Å²) in [5, 5.41) is 11.8. The summed E-state index contributed by atoms with van der Waals surface area (Å²) in [4.78, 5) is 41.7. The minimum atomic E-state index is -0.671. The zero-order valence-electron chi connectivity index (χ0n) is 25.5. The maximum Gasteiger partial charge on any atom is 0.316 e. The Kier molecular flexibility index (Phi) is 9.24. The summed E-state index contributed by atoms with van der Waals surface area (Å²) in [6.45, 7) is 17.8. The Bertz CT molecular complexity index is 1000. The molecule has 1 amide bonds. The number of ether oxygens (including phenoxy) is 1. The third-order valence-corrected chi connectivity index (χ3v) is 13.0. The van der Waals surface area contributed by atoms with E-state index in [9.17, 15) is 19.5 Å². The van der Waals surface area contributed by atoms with Gasteiger partial charge in [0.1, 0.15) is 11.9 Å². The number of aliphatic hydroxyl groups excluding tert-OH is 1. The number of thioether (sulfide) groups is 1. The predicted molar refractivity (Wildman–Crippen MR) is 160 cm³/mol. The first-order valence-corrected chi connectivity index (χ1v) is 16.5. The molecule has 4 aliphatic rings. The molecule has 8 heteroatoms. The van der Waals surface area contributed by atoms with Crippen molar-refractivity contribution in [1.29, 1.82) is 0 Å². The number of carbonyl (C=O) groups is 3. The number of hydrogen-bond acceptors (Lipinski definition) is 7. The Morgan fingerprint density at radius 2 is 1.95 bits per heavy atom. The Morgan fingerprint density at radius 1 is 1.25 bits per heavy atom. The summed E-state index contributed by atoms with van der Waals surface area (Å²) in [6, 6.07) is -0.506. The first kappa shape index (κ1) is 31.6. The van der Waals surface area contributed by atoms with Gasteiger partial charge < -0.3 is 20.5 Å². The van der Waals surface area contributed by atoms with Crippen molar-refractivity contribution in [3.63, 3.8) is 0 Å². The topological polar surface area (TPSA) is 110 Å². The van der Waals surface area contributed by atoms with Gasteiger partial charge in [0.05, 0.1) is 17.9 Å². The van der Waals surface area contributed by atoms with Gasteiger partial charge in [-0.3, -0.25) is 14.4 Å². The molecule has 4 rings (SSSR count). The molecule has 1 aliphatic heterocycles. The smallest absolute Gasteiger partial charge is 0.316 e. The summed E-state index contributed by atoms with van der Waals surface area (Å²) in [7, 11) is 0. The second-order valence-corrected chi connectivity index (χ2v) is 15.5. The van der Waals surface area contributed by atoms with Crippen molar-refractivity contribution in [3.05, 3.63) is 12.7 Å². The van der Waals surface area contributed by atoms with E-state index < -0.39 is 29.1 Å². The van der Waals surface area contributed by atoms with Crippen molar-refractivity contribution in [2.24, 2.45) is 45.7 Å². The number of hydrogen-bond donors (Lipinski definition) is 2. The largest absolute Gasteiger partial charge is 0.461 e. The van der Waals surface area contributed by atoms with Gasteiger partial charge in [-0.15, -0.1) is 18.3 Å². The highest BCUT2D eigenvalue weighted by Gasteiger charge is 2.68. The average molecular weight is 577 g/mol. The summed E-state index contributed by atoms with van der Waals surface area (Å²) < 4.78 is 6.38. The summed E-state index contributed by atoms with van der Waals surface area (Å²) in [5.41, 5.74) is 4.70. The van der Waals surface area contributed by atoms with Crippen LogP contribution in [0.4, 0.5) is 0 Å². The Hall–Kier alpha value is -1.38. The highest BCUT2D eigenvalue weighted by molar-refractivity contribution is 8.00. The van der Waals surface area contributed by atoms with Crippen LogP contribution in [0.25, 0.3) is 0 Å². The van der Waals surface area contributed by atoms with Crippen LogP contribution in [0.2, 0.25) is 0 Å². The van der Waals surface area contributed by atoms with Gasteiger partial charge in [-0.05, 0) is 61.7 Å². The second kappa shape index (κ2) is 11.7. The van der Waals surface area contributed by atoms with E-state index in [1.165, 1.54) is 0 Å². The van der Waals surface area contributed by atoms with Crippen LogP contribution in [-0.2, 0) is 19.1 Å². The molecule has 0 aromatic rings. The van der Waals surface area contributed by atoms with Gasteiger partial charge in [0.2, 0.25) is 5.91 Å². The lowest BCUT2D eigenvalue weighted by Crippen LogP contribution is -2.63. The van der Waals surface area contributed by atoms with E-state index in [0.717, 1.165) is 32.1 Å². The van der Waals surface area contributed by atoms with Crippen molar-refractivity contribution in [2.45, 2.75) is 110 Å². The fourth-order valence-electron chi connectivity index (χ4n) is 8.65. The van der Waals surface area contributed by atoms with Gasteiger partial charge in [0.15, 0.2) is 0 Å². The van der Waals surface area contributed by atoms with E-state index in [1.807, 2.05) is 31.7 Å². The quantitative estimate of drug-likeness (QED) is 0.337. The van der Waals surface area contributed by atoms with Gasteiger partial charge in [-0.2, -0.15) is 0 Å². The molecule has 0 aromatic carbocycles. The molecule has 0 spiro atoms. The number of nitrogens with zero attached hydrogens (tertiary/aromatic N) is 1. The molecule has 40 heavy (non-hydrogen) atoms. The number of likely N-dealkylation sites (tertiary alicyclic amines) is 1. The van der Waals surface area contributed by atoms with Crippen molar-refractivity contribution in [1.82, 2.24) is 4.90 Å². The minimum Gasteiger partial charge on any atom is -0.461 e. The summed E-state index contributed by atoms with van der Waals surface area (Å²) in [5.74, 6) is 0.158. The maximum absolute atomic E-state index is 13.6. The van der Waals surface area contributed by atoms with Crippen LogP contribution in [-0.4, -0.2) is 70.0 Å². The molecule has 3 N–H and O–H groups in total. The molecule has 0 aromatic heterocycles. The lowest BCUT2D eigenvalue weighted by Gasteiger charge is -2.61. The van der Waals surface area contributed by atoms with Gasteiger partial charge in [0.25, 0.3) is 0 Å². The molecular weight excluding hydrogens is 524 g/mol. The molecule has 1 saturated heterocycles. The number of aliphatic hydroxyl groups is 1. The van der Waals surface area contributed by atoms with E-state index in [-0.39, 0.29) is 57.7 Å². The molecule has 3 aliphatic carbocycles. The molecular formula is C32H52N2O5S. The molecule has 4 fully saturated rings. The first-order valence-electron chi connectivity index (χ1n) is 15.4. The zero-order valence-corrected chi connectivity index (χ0v) is 26.3. The number of rotatable bonds is 7. The predicted octanol–water partition coefficient (Wildman–Crippen LogP) is 4.60. The van der Waals surface area contributed by atoms with Crippen LogP contribution in [0.3, 0.4) is 0 Å². The molecule has 2 unspecified atom stereocenters. The van der Waals surface area contributed by atoms with E-state index in [2.05, 4.69) is 27.4 Å². The van der Waals surface area contributed by atoms with Crippen molar-refractivity contribution in [3.8, 4) is 0 Å². The van der Waals surface area contributed by atoms with Crippen molar-refractivity contribution < 1.29 is 24.2 Å². The van der Waals surface area contributed by atoms with Crippen LogP contribution in [0, 0.1) is 39.9 Å². The normalized spacial score (nSPS) is 42.5. The molecule has 0 radical (unpaired) electrons. The van der Waals surface area contributed by atoms with E-state index in [4.69, 9.17) is 10.5 Å². The van der Waals surface area contributed by atoms with Crippen LogP contribution >= 0.6 is 11.8 Å². The number of esters is 1. The SMILES string of the molecule is C=C[C@]1(C)C[C@@H](OC(=O)CS[C@@H]2CCCN(C(=O)[C@H](N)C(C)C)C2)[C@]2(C)C(C)CC[C@]3(CCC(=O)C32)[C@@H](C)[C@@H]1O. The third-order valence-electron chi connectivity index (χ3n) is 11.7. The molecule has 7 nitrogen and oxygen atoms in total. The van der Waals surface area contributed by atoms with E-state index in [1.54, 1.807) is 11.8 Å². The third kappa shape index (κ3) is 5.30. The molecule has 3 saturated carbocycles. The number of carbonyl (C=O) groups excluding carboxylic acids is 3. The van der Waals surface area contributed by atoms with Crippen LogP contribution < -0.4 is 5.73 Å². The van der Waals surface area contributed by atoms with Crippen LogP contribution in [0.15, 0.2) is 12.7 Å². The number of amides is 1. The lowest BCUT2D eigenvalue weighted by molar-refractivity contribution is -0.205. The van der Waals surface area contributed by atoms with Crippen molar-refractivity contribution in [2.75, 3.05) is 18.8 Å². The molecule has 226 valence electrons. The number of nitrogens with two attached hydrogens (primary N) is 1. The average Bonchev–Trinajstić information content (AvgIpc) is 3.29. The highest BCUT2D eigenvalue weighted by Crippen LogP contribution is 2.68. The number of piperidine rings is 1. The molecule has 1 heterocycles. The second-order valence-electron chi connectivity index (χ2n) is 14.2. The standard InChI is InChI=1S/C32H52N2O5S/c1-8-30(6)16-24(31(7)20(4)11-13-32(21(5)28(30)37)14-12-23(35)27(31)32)39-25(36)18-40-22-10-9-15-34(17-22)29(38)26(33)19(2)3/h8,19-22,24,26-28,37H,1,9-18,33H2,2-7H3/t20?,21-,22+,24+,26+,27?,28-,30+,31-,32-/m0/s1. The summed E-state index contributed by atoms with van der Waals surface area (Å²) >= 11 is 1.55. The fraction of sp³-hybridized carbons (Fsp3) is 0.844. The van der Waals surface area contributed by atoms with Crippen molar-refractivity contribution >= 4 is 29.4 Å². The monoisotopic (exact) mass is 576 g/mol. The Labute approximate surface area is 245 Å². The van der Waals surface area contributed by atoms with E-state index in [0.29, 0.717) is 25.9 Å². The highest BCUT2D eigenvalue weighted by atomic mass is 32.2. The van der Waals surface area contributed by atoms with E-state index >= 15 is 0 Å². The Balaban J connectivity index is 1.52. The lowest BCUT2D eigenvalue weighted by atomic mass is 9.44. The maximum atomic E-state index is 13.6. The van der Waals surface area contributed by atoms with Gasteiger partial charge in [-0.25, -0.2) is 0 Å². The Morgan fingerprint density at radius 3 is 2.60 bits per heavy atom. The van der Waals surface area contributed by atoms with Gasteiger partial charge in [-0.1, -0.05) is 47.6 Å². The number of ketones is 1. The zero-order chi connectivity index (χ0) is 29.6. The van der Waals surface area contributed by atoms with Crippen LogP contribution in [0.5, 0.6) is 0 Å². The minimum absolute atomic E-state index is 0.0159. The fourth-order valence-corrected chi connectivity index (χ4v) is 9.71. The molecule has 2 bridgehead atoms. The van der Waals surface area contributed by atoms with Crippen LogP contribution in [0.1, 0.15) is 86.5 Å². The first-order chi connectivity index (χ1) is 18.7. The van der Waals surface area contributed by atoms with Gasteiger partial charge in [0, 0.05) is 41.5 Å². The number of Topliss-reactive ketones (excluding diaryl/α,β-unsaturated/α-hetero) is 1. The van der Waals surface area contributed by atoms with Gasteiger partial charge >= 0.3 is 5.97 Å². The molecule has 10 atom stereocenters.